The highest BCUT2D eigenvalue weighted by molar-refractivity contribution is 6.42. The van der Waals surface area contributed by atoms with Gasteiger partial charge in [-0.1, -0.05) is 41.4 Å². The molecular weight excluding hydrogens is 441 g/mol. The van der Waals surface area contributed by atoms with Crippen LogP contribution in [0.25, 0.3) is 0 Å². The third-order valence-electron chi connectivity index (χ3n) is 3.86. The van der Waals surface area contributed by atoms with Gasteiger partial charge in [0.05, 0.1) is 22.5 Å². The number of rotatable bonds is 5. The van der Waals surface area contributed by atoms with Crippen molar-refractivity contribution in [2.45, 2.75) is 0 Å². The number of hydrogen-bond donors (Lipinski definition) is 2. The predicted octanol–water partition coefficient (Wildman–Crippen LogP) is 4.30. The number of carbonyl (C=O) groups excluding carboxylic acids is 3. The standard InChI is InChI=1S/C22H15Cl2N3O4/c23-16-8-11-18(24)19(12-16)26-20(28)21(29)27-25-13-14-6-9-17(10-7-14)31-22(30)15-4-2-1-3-5-15/h1-13H,(H,26,28)(H,27,29)/b25-13+. The number of amides is 2. The van der Waals surface area contributed by atoms with Gasteiger partial charge in [-0.2, -0.15) is 5.10 Å². The first kappa shape index (κ1) is 22.0. The second-order valence-corrected chi connectivity index (χ2v) is 6.95. The summed E-state index contributed by atoms with van der Waals surface area (Å²) in [5.74, 6) is -2.06. The maximum atomic E-state index is 12.0. The summed E-state index contributed by atoms with van der Waals surface area (Å²) in [4.78, 5) is 35.8. The SMILES string of the molecule is O=C(N/N=C/c1ccc(OC(=O)c2ccccc2)cc1)C(=O)Nc1cc(Cl)ccc1Cl. The molecule has 0 bridgehead atoms. The summed E-state index contributed by atoms with van der Waals surface area (Å²) >= 11 is 11.8. The molecule has 3 rings (SSSR count). The van der Waals surface area contributed by atoms with Crippen LogP contribution in [0.1, 0.15) is 15.9 Å². The van der Waals surface area contributed by atoms with Crippen LogP contribution in [0.2, 0.25) is 10.0 Å². The number of hydrazone groups is 1. The number of nitrogens with zero attached hydrogens (tertiary/aromatic N) is 1. The summed E-state index contributed by atoms with van der Waals surface area (Å²) in [7, 11) is 0. The molecule has 0 unspecified atom stereocenters. The molecule has 0 heterocycles. The molecule has 0 fully saturated rings. The lowest BCUT2D eigenvalue weighted by Crippen LogP contribution is -2.32. The van der Waals surface area contributed by atoms with E-state index in [1.807, 2.05) is 0 Å². The van der Waals surface area contributed by atoms with E-state index in [9.17, 15) is 14.4 Å². The molecule has 3 aromatic rings. The highest BCUT2D eigenvalue weighted by Crippen LogP contribution is 2.25. The van der Waals surface area contributed by atoms with E-state index >= 15 is 0 Å². The number of carbonyl (C=O) groups is 3. The molecule has 0 radical (unpaired) electrons. The first-order chi connectivity index (χ1) is 14.9. The van der Waals surface area contributed by atoms with Gasteiger partial charge < -0.3 is 10.1 Å². The van der Waals surface area contributed by atoms with Crippen molar-refractivity contribution in [1.82, 2.24) is 5.43 Å². The third-order valence-corrected chi connectivity index (χ3v) is 4.43. The van der Waals surface area contributed by atoms with Gasteiger partial charge in [-0.15, -0.1) is 0 Å². The van der Waals surface area contributed by atoms with E-state index in [1.54, 1.807) is 60.7 Å². The normalized spacial score (nSPS) is 10.5. The molecule has 31 heavy (non-hydrogen) atoms. The Balaban J connectivity index is 1.52. The van der Waals surface area contributed by atoms with Gasteiger partial charge in [0, 0.05) is 5.02 Å². The van der Waals surface area contributed by atoms with Crippen LogP contribution in [-0.4, -0.2) is 24.0 Å². The van der Waals surface area contributed by atoms with Crippen LogP contribution in [0.5, 0.6) is 5.75 Å². The van der Waals surface area contributed by atoms with E-state index in [4.69, 9.17) is 27.9 Å². The smallest absolute Gasteiger partial charge is 0.343 e. The second kappa shape index (κ2) is 10.4. The zero-order chi connectivity index (χ0) is 22.2. The second-order valence-electron chi connectivity index (χ2n) is 6.10. The van der Waals surface area contributed by atoms with Gasteiger partial charge in [0.15, 0.2) is 0 Å². The van der Waals surface area contributed by atoms with Gasteiger partial charge >= 0.3 is 17.8 Å². The van der Waals surface area contributed by atoms with Gasteiger partial charge in [-0.3, -0.25) is 9.59 Å². The monoisotopic (exact) mass is 455 g/mol. The number of hydrogen-bond acceptors (Lipinski definition) is 5. The number of anilines is 1. The lowest BCUT2D eigenvalue weighted by Gasteiger charge is -2.06. The molecular formula is C22H15Cl2N3O4. The van der Waals surface area contributed by atoms with Crippen molar-refractivity contribution in [2.75, 3.05) is 5.32 Å². The fourth-order valence-corrected chi connectivity index (χ4v) is 2.69. The first-order valence-electron chi connectivity index (χ1n) is 8.89. The summed E-state index contributed by atoms with van der Waals surface area (Å²) < 4.78 is 5.28. The molecule has 0 saturated carbocycles. The number of ether oxygens (including phenoxy) is 1. The molecule has 0 aromatic heterocycles. The van der Waals surface area contributed by atoms with Crippen molar-refractivity contribution >= 4 is 52.9 Å². The summed E-state index contributed by atoms with van der Waals surface area (Å²) in [5.41, 5.74) is 3.37. The Morgan fingerprint density at radius 2 is 1.58 bits per heavy atom. The fourth-order valence-electron chi connectivity index (χ4n) is 2.35. The summed E-state index contributed by atoms with van der Waals surface area (Å²) in [5, 5.41) is 6.67. The Bertz CT molecular complexity index is 1130. The van der Waals surface area contributed by atoms with E-state index < -0.39 is 17.8 Å². The zero-order valence-corrected chi connectivity index (χ0v) is 17.4. The van der Waals surface area contributed by atoms with Crippen LogP contribution >= 0.6 is 23.2 Å². The summed E-state index contributed by atoms with van der Waals surface area (Å²) in [6.07, 6.45) is 1.33. The zero-order valence-electron chi connectivity index (χ0n) is 15.8. The largest absolute Gasteiger partial charge is 0.423 e. The predicted molar refractivity (Wildman–Crippen MR) is 119 cm³/mol. The quantitative estimate of drug-likeness (QED) is 0.197. The van der Waals surface area contributed by atoms with Crippen molar-refractivity contribution in [3.05, 3.63) is 94.0 Å². The maximum Gasteiger partial charge on any atom is 0.343 e. The number of nitrogens with one attached hydrogen (secondary N) is 2. The Morgan fingerprint density at radius 1 is 0.871 bits per heavy atom. The minimum atomic E-state index is -0.985. The molecule has 7 nitrogen and oxygen atoms in total. The average molecular weight is 456 g/mol. The topological polar surface area (TPSA) is 96.9 Å². The van der Waals surface area contributed by atoms with Crippen LogP contribution < -0.4 is 15.5 Å². The van der Waals surface area contributed by atoms with Crippen molar-refractivity contribution in [3.8, 4) is 5.75 Å². The Hall–Kier alpha value is -3.68. The molecule has 156 valence electrons. The lowest BCUT2D eigenvalue weighted by molar-refractivity contribution is -0.136. The van der Waals surface area contributed by atoms with Crippen molar-refractivity contribution < 1.29 is 19.1 Å². The molecule has 2 N–H and O–H groups in total. The maximum absolute atomic E-state index is 12.0. The lowest BCUT2D eigenvalue weighted by atomic mass is 10.2. The molecule has 0 spiro atoms. The van der Waals surface area contributed by atoms with Gasteiger partial charge in [-0.05, 0) is 60.2 Å². The minimum absolute atomic E-state index is 0.207. The molecule has 0 aliphatic carbocycles. The van der Waals surface area contributed by atoms with Crippen LogP contribution in [0.15, 0.2) is 77.9 Å². The highest BCUT2D eigenvalue weighted by Gasteiger charge is 2.14. The summed E-state index contributed by atoms with van der Waals surface area (Å²) in [6, 6.07) is 19.5. The van der Waals surface area contributed by atoms with Crippen molar-refractivity contribution in [3.63, 3.8) is 0 Å². The number of halogens is 2. The summed E-state index contributed by atoms with van der Waals surface area (Å²) in [6.45, 7) is 0. The first-order valence-corrected chi connectivity index (χ1v) is 9.65. The Labute approximate surface area is 187 Å². The molecule has 0 aliphatic rings. The molecule has 2 amide bonds. The van der Waals surface area contributed by atoms with Gasteiger partial charge in [0.25, 0.3) is 0 Å². The molecule has 3 aromatic carbocycles. The van der Waals surface area contributed by atoms with Crippen molar-refractivity contribution in [1.29, 1.82) is 0 Å². The number of benzene rings is 3. The van der Waals surface area contributed by atoms with Crippen LogP contribution in [0, 0.1) is 0 Å². The fraction of sp³-hybridized carbons (Fsp3) is 0. The van der Waals surface area contributed by atoms with E-state index in [-0.39, 0.29) is 10.7 Å². The van der Waals surface area contributed by atoms with Gasteiger partial charge in [0.2, 0.25) is 0 Å². The van der Waals surface area contributed by atoms with Crippen LogP contribution in [0.4, 0.5) is 5.69 Å². The van der Waals surface area contributed by atoms with E-state index in [0.29, 0.717) is 21.9 Å². The van der Waals surface area contributed by atoms with E-state index in [1.165, 1.54) is 18.3 Å². The average Bonchev–Trinajstić information content (AvgIpc) is 2.78. The molecule has 9 heteroatoms. The van der Waals surface area contributed by atoms with Gasteiger partial charge in [-0.25, -0.2) is 10.2 Å². The minimum Gasteiger partial charge on any atom is -0.423 e. The third kappa shape index (κ3) is 6.40. The van der Waals surface area contributed by atoms with Crippen LogP contribution in [0.3, 0.4) is 0 Å². The van der Waals surface area contributed by atoms with Crippen LogP contribution in [-0.2, 0) is 9.59 Å². The number of esters is 1. The van der Waals surface area contributed by atoms with E-state index in [0.717, 1.165) is 0 Å². The molecule has 0 saturated heterocycles. The molecule has 0 aliphatic heterocycles. The van der Waals surface area contributed by atoms with E-state index in [2.05, 4.69) is 15.8 Å². The highest BCUT2D eigenvalue weighted by atomic mass is 35.5. The Morgan fingerprint density at radius 3 is 2.29 bits per heavy atom. The Kier molecular flexibility index (Phi) is 7.37. The molecule has 0 atom stereocenters. The van der Waals surface area contributed by atoms with Gasteiger partial charge in [0.1, 0.15) is 5.75 Å². The van der Waals surface area contributed by atoms with Crippen molar-refractivity contribution in [2.24, 2.45) is 5.10 Å².